The highest BCUT2D eigenvalue weighted by molar-refractivity contribution is 5.86. The smallest absolute Gasteiger partial charge is 0.240 e. The summed E-state index contributed by atoms with van der Waals surface area (Å²) in [7, 11) is 0. The Hall–Kier alpha value is -1.88. The van der Waals surface area contributed by atoms with Gasteiger partial charge in [0.05, 0.1) is 5.54 Å². The van der Waals surface area contributed by atoms with Gasteiger partial charge in [-0.15, -0.1) is 12.4 Å². The van der Waals surface area contributed by atoms with Crippen LogP contribution in [0.2, 0.25) is 0 Å². The first-order valence-corrected chi connectivity index (χ1v) is 8.44. The van der Waals surface area contributed by atoms with Crippen molar-refractivity contribution in [2.75, 3.05) is 19.8 Å². The average Bonchev–Trinajstić information content (AvgIpc) is 2.64. The number of ether oxygens (including phenoxy) is 1. The number of carbonyl (C=O) groups excluding carboxylic acids is 1. The summed E-state index contributed by atoms with van der Waals surface area (Å²) >= 11 is 0. The molecule has 1 heterocycles. The van der Waals surface area contributed by atoms with Crippen LogP contribution in [0.15, 0.2) is 60.7 Å². The third-order valence-corrected chi connectivity index (χ3v) is 4.71. The van der Waals surface area contributed by atoms with Gasteiger partial charge >= 0.3 is 0 Å². The minimum atomic E-state index is -0.809. The highest BCUT2D eigenvalue weighted by Gasteiger charge is 2.36. The van der Waals surface area contributed by atoms with Crippen LogP contribution in [-0.2, 0) is 9.53 Å². The zero-order valence-corrected chi connectivity index (χ0v) is 15.0. The Labute approximate surface area is 155 Å². The van der Waals surface area contributed by atoms with Crippen LogP contribution < -0.4 is 11.1 Å². The second-order valence-corrected chi connectivity index (χ2v) is 6.35. The fourth-order valence-corrected chi connectivity index (χ4v) is 3.13. The Morgan fingerprint density at radius 3 is 1.96 bits per heavy atom. The number of nitrogens with two attached hydrogens (primary N) is 1. The molecule has 0 spiro atoms. The fraction of sp³-hybridized carbons (Fsp3) is 0.350. The summed E-state index contributed by atoms with van der Waals surface area (Å²) in [6, 6.07) is 20.5. The zero-order valence-electron chi connectivity index (χ0n) is 14.2. The van der Waals surface area contributed by atoms with E-state index in [0.717, 1.165) is 0 Å². The summed E-state index contributed by atoms with van der Waals surface area (Å²) in [6.07, 6.45) is 1.14. The Bertz CT molecular complexity index is 618. The van der Waals surface area contributed by atoms with Gasteiger partial charge < -0.3 is 15.8 Å². The minimum Gasteiger partial charge on any atom is -0.381 e. The maximum Gasteiger partial charge on any atom is 0.240 e. The highest BCUT2D eigenvalue weighted by atomic mass is 35.5. The molecule has 5 heteroatoms. The molecule has 0 aliphatic carbocycles. The number of hydrogen-bond donors (Lipinski definition) is 2. The zero-order chi connectivity index (χ0) is 16.8. The molecule has 1 saturated heterocycles. The van der Waals surface area contributed by atoms with E-state index in [1.54, 1.807) is 0 Å². The van der Waals surface area contributed by atoms with E-state index in [1.165, 1.54) is 11.1 Å². The van der Waals surface area contributed by atoms with Gasteiger partial charge in [0.25, 0.3) is 0 Å². The van der Waals surface area contributed by atoms with E-state index in [9.17, 15) is 4.79 Å². The van der Waals surface area contributed by atoms with E-state index in [4.69, 9.17) is 10.5 Å². The van der Waals surface area contributed by atoms with E-state index in [-0.39, 0.29) is 24.2 Å². The maximum atomic E-state index is 12.6. The topological polar surface area (TPSA) is 64.4 Å². The Kier molecular flexibility index (Phi) is 7.00. The van der Waals surface area contributed by atoms with Crippen molar-refractivity contribution >= 4 is 18.3 Å². The predicted molar refractivity (Wildman–Crippen MR) is 102 cm³/mol. The lowest BCUT2D eigenvalue weighted by Crippen LogP contribution is -2.57. The molecule has 1 aliphatic rings. The van der Waals surface area contributed by atoms with Crippen molar-refractivity contribution in [2.45, 2.75) is 24.3 Å². The van der Waals surface area contributed by atoms with Crippen LogP contribution >= 0.6 is 12.4 Å². The summed E-state index contributed by atoms with van der Waals surface area (Å²) in [4.78, 5) is 12.6. The molecule has 25 heavy (non-hydrogen) atoms. The fourth-order valence-electron chi connectivity index (χ4n) is 3.13. The third kappa shape index (κ3) is 4.82. The van der Waals surface area contributed by atoms with Gasteiger partial charge in [0.2, 0.25) is 5.91 Å². The van der Waals surface area contributed by atoms with Crippen molar-refractivity contribution in [1.82, 2.24) is 5.32 Å². The van der Waals surface area contributed by atoms with E-state index in [2.05, 4.69) is 29.6 Å². The summed E-state index contributed by atoms with van der Waals surface area (Å²) in [5.74, 6) is 0.0300. The molecule has 2 aromatic carbocycles. The van der Waals surface area contributed by atoms with Crippen LogP contribution in [0.1, 0.15) is 29.9 Å². The van der Waals surface area contributed by atoms with Crippen molar-refractivity contribution in [3.05, 3.63) is 71.8 Å². The molecule has 134 valence electrons. The Morgan fingerprint density at radius 2 is 1.48 bits per heavy atom. The van der Waals surface area contributed by atoms with Gasteiger partial charge in [-0.3, -0.25) is 4.79 Å². The number of halogens is 1. The molecule has 0 unspecified atom stereocenters. The summed E-state index contributed by atoms with van der Waals surface area (Å²) in [5, 5.41) is 3.07. The number of benzene rings is 2. The monoisotopic (exact) mass is 360 g/mol. The van der Waals surface area contributed by atoms with E-state index >= 15 is 0 Å². The molecule has 1 amide bonds. The van der Waals surface area contributed by atoms with E-state index in [1.807, 2.05) is 36.4 Å². The summed E-state index contributed by atoms with van der Waals surface area (Å²) in [6.45, 7) is 1.63. The minimum absolute atomic E-state index is 0. The van der Waals surface area contributed by atoms with Crippen molar-refractivity contribution < 1.29 is 9.53 Å². The van der Waals surface area contributed by atoms with Crippen LogP contribution in [0.4, 0.5) is 0 Å². The Balaban J connectivity index is 0.00000225. The second kappa shape index (κ2) is 8.99. The van der Waals surface area contributed by atoms with Gasteiger partial charge in [-0.25, -0.2) is 0 Å². The van der Waals surface area contributed by atoms with Gasteiger partial charge in [0, 0.05) is 25.7 Å². The molecular formula is C20H25ClN2O2. The van der Waals surface area contributed by atoms with Gasteiger partial charge in [-0.2, -0.15) is 0 Å². The number of nitrogens with one attached hydrogen (secondary N) is 1. The van der Waals surface area contributed by atoms with Crippen molar-refractivity contribution in [3.8, 4) is 0 Å². The normalized spacial score (nSPS) is 16.1. The van der Waals surface area contributed by atoms with Crippen molar-refractivity contribution in [3.63, 3.8) is 0 Å². The molecule has 3 rings (SSSR count). The number of amides is 1. The molecule has 2 aromatic rings. The van der Waals surface area contributed by atoms with Gasteiger partial charge in [-0.05, 0) is 24.0 Å². The highest BCUT2D eigenvalue weighted by Crippen LogP contribution is 2.24. The molecule has 0 aromatic heterocycles. The van der Waals surface area contributed by atoms with Crippen LogP contribution in [0.3, 0.4) is 0 Å². The van der Waals surface area contributed by atoms with E-state index in [0.29, 0.717) is 32.6 Å². The molecule has 0 saturated carbocycles. The lowest BCUT2D eigenvalue weighted by atomic mass is 9.88. The first kappa shape index (κ1) is 19.4. The summed E-state index contributed by atoms with van der Waals surface area (Å²) < 4.78 is 5.32. The molecule has 0 radical (unpaired) electrons. The maximum absolute atomic E-state index is 12.6. The van der Waals surface area contributed by atoms with Crippen LogP contribution in [0.5, 0.6) is 0 Å². The van der Waals surface area contributed by atoms with E-state index < -0.39 is 5.54 Å². The summed E-state index contributed by atoms with van der Waals surface area (Å²) in [5.41, 5.74) is 7.83. The predicted octanol–water partition coefficient (Wildman–Crippen LogP) is 2.86. The quantitative estimate of drug-likeness (QED) is 0.861. The molecule has 1 aliphatic heterocycles. The average molecular weight is 361 g/mol. The second-order valence-electron chi connectivity index (χ2n) is 6.35. The SMILES string of the molecule is Cl.NC1(C(=O)NCC(c2ccccc2)c2ccccc2)CCOCC1. The lowest BCUT2D eigenvalue weighted by Gasteiger charge is -2.32. The molecule has 4 nitrogen and oxygen atoms in total. The molecule has 0 bridgehead atoms. The number of rotatable bonds is 5. The Morgan fingerprint density at radius 1 is 1.00 bits per heavy atom. The van der Waals surface area contributed by atoms with Gasteiger partial charge in [0.15, 0.2) is 0 Å². The largest absolute Gasteiger partial charge is 0.381 e. The first-order valence-electron chi connectivity index (χ1n) is 8.44. The van der Waals surface area contributed by atoms with Crippen molar-refractivity contribution in [1.29, 1.82) is 0 Å². The lowest BCUT2D eigenvalue weighted by molar-refractivity contribution is -0.129. The van der Waals surface area contributed by atoms with Crippen molar-refractivity contribution in [2.24, 2.45) is 5.73 Å². The molecular weight excluding hydrogens is 336 g/mol. The van der Waals surface area contributed by atoms with Crippen LogP contribution in [0, 0.1) is 0 Å². The van der Waals surface area contributed by atoms with Gasteiger partial charge in [0.1, 0.15) is 0 Å². The number of carbonyl (C=O) groups is 1. The van der Waals surface area contributed by atoms with Crippen LogP contribution in [-0.4, -0.2) is 31.2 Å². The molecule has 1 fully saturated rings. The number of hydrogen-bond acceptors (Lipinski definition) is 3. The molecule has 3 N–H and O–H groups in total. The van der Waals surface area contributed by atoms with Gasteiger partial charge in [-0.1, -0.05) is 60.7 Å². The third-order valence-electron chi connectivity index (χ3n) is 4.71. The first-order chi connectivity index (χ1) is 11.7. The standard InChI is InChI=1S/C20H24N2O2.ClH/c21-20(11-13-24-14-12-20)19(23)22-15-18(16-7-3-1-4-8-16)17-9-5-2-6-10-17;/h1-10,18H,11-15,21H2,(H,22,23);1H. The molecule has 0 atom stereocenters. The van der Waals surface area contributed by atoms with Crippen LogP contribution in [0.25, 0.3) is 0 Å².